The molecule has 0 aliphatic rings. The topological polar surface area (TPSA) is 28.2 Å². The molecule has 2 aromatic rings. The van der Waals surface area contributed by atoms with Crippen LogP contribution in [0.4, 0.5) is 5.82 Å². The number of thiophene rings is 1. The second-order valence-electron chi connectivity index (χ2n) is 4.82. The molecule has 0 radical (unpaired) electrons. The highest BCUT2D eigenvalue weighted by atomic mass is 32.1. The van der Waals surface area contributed by atoms with Crippen LogP contribution in [0.25, 0.3) is 0 Å². The highest BCUT2D eigenvalue weighted by Gasteiger charge is 2.10. The van der Waals surface area contributed by atoms with Gasteiger partial charge in [0.05, 0.1) is 6.54 Å². The van der Waals surface area contributed by atoms with E-state index < -0.39 is 0 Å². The number of hydrogen-bond donors (Lipinski definition) is 1. The van der Waals surface area contributed by atoms with Crippen LogP contribution in [0, 0.1) is 0 Å². The average Bonchev–Trinajstić information content (AvgIpc) is 2.98. The van der Waals surface area contributed by atoms with Gasteiger partial charge in [-0.3, -0.25) is 0 Å². The fraction of sp³-hybridized carbons (Fsp3) is 0.438. The van der Waals surface area contributed by atoms with E-state index in [9.17, 15) is 0 Å². The molecule has 0 aliphatic heterocycles. The van der Waals surface area contributed by atoms with Crippen LogP contribution in [-0.2, 0) is 6.54 Å². The van der Waals surface area contributed by atoms with Crippen molar-refractivity contribution in [2.75, 3.05) is 18.0 Å². The summed E-state index contributed by atoms with van der Waals surface area (Å²) in [7, 11) is 0. The molecule has 0 aliphatic carbocycles. The molecule has 2 aromatic heterocycles. The zero-order valence-corrected chi connectivity index (χ0v) is 13.3. The lowest BCUT2D eigenvalue weighted by Gasteiger charge is -2.23. The Kier molecular flexibility index (Phi) is 5.56. The van der Waals surface area contributed by atoms with Crippen molar-refractivity contribution in [2.45, 2.75) is 33.4 Å². The van der Waals surface area contributed by atoms with Gasteiger partial charge in [-0.05, 0) is 49.5 Å². The minimum atomic E-state index is 0.363. The van der Waals surface area contributed by atoms with Crippen molar-refractivity contribution in [2.24, 2.45) is 0 Å². The van der Waals surface area contributed by atoms with Crippen molar-refractivity contribution in [3.63, 3.8) is 0 Å². The van der Waals surface area contributed by atoms with Crippen LogP contribution in [0.15, 0.2) is 35.8 Å². The van der Waals surface area contributed by atoms with Crippen molar-refractivity contribution in [1.82, 2.24) is 10.3 Å². The number of hydrogen-bond acceptors (Lipinski definition) is 4. The molecule has 0 saturated carbocycles. The quantitative estimate of drug-likeness (QED) is 0.839. The summed E-state index contributed by atoms with van der Waals surface area (Å²) in [4.78, 5) is 8.22. The molecule has 0 amide bonds. The van der Waals surface area contributed by atoms with Gasteiger partial charge in [0, 0.05) is 23.7 Å². The summed E-state index contributed by atoms with van der Waals surface area (Å²) < 4.78 is 0. The summed E-state index contributed by atoms with van der Waals surface area (Å²) in [6, 6.07) is 8.94. The van der Waals surface area contributed by atoms with E-state index in [1.165, 1.54) is 10.4 Å². The first-order chi connectivity index (χ1) is 9.74. The average molecular weight is 289 g/mol. The molecule has 20 heavy (non-hydrogen) atoms. The third-order valence-electron chi connectivity index (χ3n) is 3.41. The number of aromatic nitrogens is 1. The first-order valence-corrected chi connectivity index (χ1v) is 8.09. The SMILES string of the molecule is CCNC(C)c1ccnc(N(CC)Cc2cccs2)c1. The van der Waals surface area contributed by atoms with E-state index >= 15 is 0 Å². The summed E-state index contributed by atoms with van der Waals surface area (Å²) >= 11 is 1.80. The summed E-state index contributed by atoms with van der Waals surface area (Å²) in [6.07, 6.45) is 1.91. The summed E-state index contributed by atoms with van der Waals surface area (Å²) in [5.74, 6) is 1.06. The maximum Gasteiger partial charge on any atom is 0.129 e. The van der Waals surface area contributed by atoms with E-state index in [2.05, 4.69) is 65.6 Å². The Morgan fingerprint density at radius 1 is 1.35 bits per heavy atom. The van der Waals surface area contributed by atoms with Crippen LogP contribution in [-0.4, -0.2) is 18.1 Å². The molecule has 0 saturated heterocycles. The van der Waals surface area contributed by atoms with E-state index in [4.69, 9.17) is 0 Å². The first-order valence-electron chi connectivity index (χ1n) is 7.21. The van der Waals surface area contributed by atoms with Gasteiger partial charge in [-0.15, -0.1) is 11.3 Å². The molecular formula is C16H23N3S. The van der Waals surface area contributed by atoms with Crippen molar-refractivity contribution < 1.29 is 0 Å². The lowest BCUT2D eigenvalue weighted by atomic mass is 10.1. The molecule has 2 rings (SSSR count). The third kappa shape index (κ3) is 3.81. The van der Waals surface area contributed by atoms with Gasteiger partial charge in [0.25, 0.3) is 0 Å². The summed E-state index contributed by atoms with van der Waals surface area (Å²) in [6.45, 7) is 9.37. The smallest absolute Gasteiger partial charge is 0.129 e. The highest BCUT2D eigenvalue weighted by molar-refractivity contribution is 7.09. The molecule has 0 spiro atoms. The Morgan fingerprint density at radius 3 is 2.85 bits per heavy atom. The van der Waals surface area contributed by atoms with Gasteiger partial charge in [0.15, 0.2) is 0 Å². The van der Waals surface area contributed by atoms with Gasteiger partial charge in [0.1, 0.15) is 5.82 Å². The first kappa shape index (κ1) is 15.0. The van der Waals surface area contributed by atoms with Gasteiger partial charge in [-0.2, -0.15) is 0 Å². The molecule has 0 fully saturated rings. The number of pyridine rings is 1. The second kappa shape index (κ2) is 7.41. The van der Waals surface area contributed by atoms with Crippen LogP contribution in [0.5, 0.6) is 0 Å². The van der Waals surface area contributed by atoms with Crippen LogP contribution < -0.4 is 10.2 Å². The molecule has 4 heteroatoms. The minimum absolute atomic E-state index is 0.363. The van der Waals surface area contributed by atoms with Gasteiger partial charge >= 0.3 is 0 Å². The van der Waals surface area contributed by atoms with Gasteiger partial charge in [-0.25, -0.2) is 4.98 Å². The molecule has 0 bridgehead atoms. The van der Waals surface area contributed by atoms with Crippen LogP contribution in [0.1, 0.15) is 37.3 Å². The molecule has 1 N–H and O–H groups in total. The largest absolute Gasteiger partial charge is 0.352 e. The fourth-order valence-corrected chi connectivity index (χ4v) is 2.97. The van der Waals surface area contributed by atoms with E-state index in [0.29, 0.717) is 6.04 Å². The predicted molar refractivity (Wildman–Crippen MR) is 87.4 cm³/mol. The Morgan fingerprint density at radius 2 is 2.20 bits per heavy atom. The molecule has 0 aromatic carbocycles. The lowest BCUT2D eigenvalue weighted by molar-refractivity contribution is 0.597. The van der Waals surface area contributed by atoms with Crippen LogP contribution in [0.3, 0.4) is 0 Å². The summed E-state index contributed by atoms with van der Waals surface area (Å²) in [5, 5.41) is 5.57. The highest BCUT2D eigenvalue weighted by Crippen LogP contribution is 2.21. The lowest BCUT2D eigenvalue weighted by Crippen LogP contribution is -2.23. The molecule has 3 nitrogen and oxygen atoms in total. The van der Waals surface area contributed by atoms with E-state index in [1.807, 2.05) is 6.20 Å². The predicted octanol–water partition coefficient (Wildman–Crippen LogP) is 3.84. The zero-order valence-electron chi connectivity index (χ0n) is 12.5. The Hall–Kier alpha value is -1.39. The van der Waals surface area contributed by atoms with Crippen molar-refractivity contribution >= 4 is 17.2 Å². The van der Waals surface area contributed by atoms with Crippen molar-refractivity contribution in [3.8, 4) is 0 Å². The number of anilines is 1. The second-order valence-corrected chi connectivity index (χ2v) is 5.85. The standard InChI is InChI=1S/C16H23N3S/c1-4-17-13(3)14-8-9-18-16(11-14)19(5-2)12-15-7-6-10-20-15/h6-11,13,17H,4-5,12H2,1-3H3. The van der Waals surface area contributed by atoms with Crippen molar-refractivity contribution in [1.29, 1.82) is 0 Å². The number of nitrogens with zero attached hydrogens (tertiary/aromatic N) is 2. The molecule has 1 atom stereocenters. The molecule has 108 valence electrons. The Labute approximate surface area is 125 Å². The number of nitrogens with one attached hydrogen (secondary N) is 1. The van der Waals surface area contributed by atoms with Gasteiger partial charge in [-0.1, -0.05) is 13.0 Å². The molecule has 2 heterocycles. The minimum Gasteiger partial charge on any atom is -0.352 e. The number of rotatable bonds is 7. The van der Waals surface area contributed by atoms with Crippen molar-refractivity contribution in [3.05, 3.63) is 46.3 Å². The zero-order chi connectivity index (χ0) is 14.4. The van der Waals surface area contributed by atoms with Gasteiger partial charge < -0.3 is 10.2 Å². The normalized spacial score (nSPS) is 12.3. The van der Waals surface area contributed by atoms with E-state index in [-0.39, 0.29) is 0 Å². The van der Waals surface area contributed by atoms with Crippen LogP contribution in [0.2, 0.25) is 0 Å². The summed E-state index contributed by atoms with van der Waals surface area (Å²) in [5.41, 5.74) is 1.29. The maximum atomic E-state index is 4.54. The fourth-order valence-electron chi connectivity index (χ4n) is 2.25. The van der Waals surface area contributed by atoms with E-state index in [0.717, 1.165) is 25.5 Å². The van der Waals surface area contributed by atoms with Gasteiger partial charge in [0.2, 0.25) is 0 Å². The molecule has 1 unspecified atom stereocenters. The Balaban J connectivity index is 2.15. The monoisotopic (exact) mass is 289 g/mol. The van der Waals surface area contributed by atoms with Crippen LogP contribution >= 0.6 is 11.3 Å². The third-order valence-corrected chi connectivity index (χ3v) is 4.27. The Bertz CT molecular complexity index is 510. The maximum absolute atomic E-state index is 4.54. The van der Waals surface area contributed by atoms with E-state index in [1.54, 1.807) is 11.3 Å². The molecular weight excluding hydrogens is 266 g/mol.